The highest BCUT2D eigenvalue weighted by Gasteiger charge is 2.30. The lowest BCUT2D eigenvalue weighted by molar-refractivity contribution is 0.227. The first-order valence-electron chi connectivity index (χ1n) is 6.96. The van der Waals surface area contributed by atoms with Gasteiger partial charge in [0, 0.05) is 35.3 Å². The summed E-state index contributed by atoms with van der Waals surface area (Å²) in [7, 11) is 2.20. The molecule has 0 aliphatic carbocycles. The fourth-order valence-electron chi connectivity index (χ4n) is 3.10. The summed E-state index contributed by atoms with van der Waals surface area (Å²) in [5, 5.41) is 0. The minimum Gasteiger partial charge on any atom is -0.363 e. The van der Waals surface area contributed by atoms with Crippen molar-refractivity contribution < 1.29 is 0 Å². The Hall–Kier alpha value is -0.580. The third-order valence-corrected chi connectivity index (χ3v) is 4.80. The van der Waals surface area contributed by atoms with E-state index in [1.165, 1.54) is 15.7 Å². The first-order chi connectivity index (χ1) is 9.02. The van der Waals surface area contributed by atoms with Crippen molar-refractivity contribution in [2.75, 3.05) is 31.6 Å². The number of benzene rings is 1. The highest BCUT2D eigenvalue weighted by atomic mass is 79.9. The van der Waals surface area contributed by atoms with Crippen molar-refractivity contribution in [3.8, 4) is 0 Å². The molecule has 3 nitrogen and oxygen atoms in total. The van der Waals surface area contributed by atoms with E-state index >= 15 is 0 Å². The summed E-state index contributed by atoms with van der Waals surface area (Å²) in [6, 6.07) is 7.67. The Labute approximate surface area is 124 Å². The molecule has 0 radical (unpaired) electrons. The number of hydrogen-bond donors (Lipinski definition) is 1. The Morgan fingerprint density at radius 3 is 2.74 bits per heavy atom. The highest BCUT2D eigenvalue weighted by Crippen LogP contribution is 2.29. The van der Waals surface area contributed by atoms with Gasteiger partial charge in [0.25, 0.3) is 0 Å². The summed E-state index contributed by atoms with van der Waals surface area (Å²) in [6.45, 7) is 7.40. The van der Waals surface area contributed by atoms with E-state index in [1.807, 2.05) is 0 Å². The van der Waals surface area contributed by atoms with Crippen LogP contribution in [0.15, 0.2) is 22.7 Å². The standard InChI is InChI=1S/C15H24BrN3/c1-11-8-13(4-5-15(11)16)19-12(2)9-18(3)10-14(19)6-7-17/h4-5,8,12,14H,6-7,9-10,17H2,1-3H3. The molecule has 1 aromatic rings. The number of anilines is 1. The van der Waals surface area contributed by atoms with E-state index in [0.717, 1.165) is 26.1 Å². The SMILES string of the molecule is Cc1cc(N2C(C)CN(C)CC2CCN)ccc1Br. The van der Waals surface area contributed by atoms with Gasteiger partial charge in [0.05, 0.1) is 0 Å². The van der Waals surface area contributed by atoms with Crippen LogP contribution in [0.4, 0.5) is 5.69 Å². The van der Waals surface area contributed by atoms with Gasteiger partial charge in [-0.25, -0.2) is 0 Å². The second-order valence-electron chi connectivity index (χ2n) is 5.64. The van der Waals surface area contributed by atoms with Crippen LogP contribution in [-0.2, 0) is 0 Å². The van der Waals surface area contributed by atoms with E-state index in [4.69, 9.17) is 5.73 Å². The molecule has 0 spiro atoms. The van der Waals surface area contributed by atoms with Crippen LogP contribution in [0, 0.1) is 6.92 Å². The summed E-state index contributed by atoms with van der Waals surface area (Å²) in [4.78, 5) is 4.96. The van der Waals surface area contributed by atoms with Gasteiger partial charge in [-0.1, -0.05) is 15.9 Å². The summed E-state index contributed by atoms with van der Waals surface area (Å²) in [5.41, 5.74) is 8.40. The highest BCUT2D eigenvalue weighted by molar-refractivity contribution is 9.10. The number of halogens is 1. The van der Waals surface area contributed by atoms with E-state index in [9.17, 15) is 0 Å². The molecule has 1 aromatic carbocycles. The van der Waals surface area contributed by atoms with Crippen molar-refractivity contribution in [2.24, 2.45) is 5.73 Å². The van der Waals surface area contributed by atoms with Crippen LogP contribution in [0.1, 0.15) is 18.9 Å². The monoisotopic (exact) mass is 325 g/mol. The van der Waals surface area contributed by atoms with Crippen molar-refractivity contribution in [2.45, 2.75) is 32.4 Å². The predicted octanol–water partition coefficient (Wildman–Crippen LogP) is 2.62. The third kappa shape index (κ3) is 3.30. The molecule has 0 bridgehead atoms. The average Bonchev–Trinajstić information content (AvgIpc) is 2.33. The van der Waals surface area contributed by atoms with Gasteiger partial charge in [0.1, 0.15) is 0 Å². The zero-order chi connectivity index (χ0) is 14.0. The molecule has 1 saturated heterocycles. The number of aryl methyl sites for hydroxylation is 1. The van der Waals surface area contributed by atoms with Crippen molar-refractivity contribution in [3.63, 3.8) is 0 Å². The number of likely N-dealkylation sites (N-methyl/N-ethyl adjacent to an activating group) is 1. The second-order valence-corrected chi connectivity index (χ2v) is 6.50. The van der Waals surface area contributed by atoms with Crippen LogP contribution in [0.3, 0.4) is 0 Å². The fraction of sp³-hybridized carbons (Fsp3) is 0.600. The summed E-state index contributed by atoms with van der Waals surface area (Å²) < 4.78 is 1.17. The molecule has 2 rings (SSSR count). The summed E-state index contributed by atoms with van der Waals surface area (Å²) in [6.07, 6.45) is 1.05. The van der Waals surface area contributed by atoms with Crippen LogP contribution >= 0.6 is 15.9 Å². The number of piperazine rings is 1. The molecule has 2 unspecified atom stereocenters. The molecule has 106 valence electrons. The van der Waals surface area contributed by atoms with E-state index in [1.54, 1.807) is 0 Å². The van der Waals surface area contributed by atoms with E-state index in [0.29, 0.717) is 12.1 Å². The first kappa shape index (κ1) is 14.8. The molecule has 1 fully saturated rings. The molecule has 2 atom stereocenters. The smallest absolute Gasteiger partial charge is 0.0432 e. The van der Waals surface area contributed by atoms with Gasteiger partial charge in [-0.2, -0.15) is 0 Å². The van der Waals surface area contributed by atoms with Crippen molar-refractivity contribution >= 4 is 21.6 Å². The molecule has 0 saturated carbocycles. The summed E-state index contributed by atoms with van der Waals surface area (Å²) in [5.74, 6) is 0. The van der Waals surface area contributed by atoms with E-state index in [2.05, 4.69) is 64.8 Å². The quantitative estimate of drug-likeness (QED) is 0.927. The van der Waals surface area contributed by atoms with Gasteiger partial charge in [-0.05, 0) is 57.6 Å². The van der Waals surface area contributed by atoms with Crippen molar-refractivity contribution in [3.05, 3.63) is 28.2 Å². The van der Waals surface area contributed by atoms with Gasteiger partial charge in [-0.15, -0.1) is 0 Å². The molecular weight excluding hydrogens is 302 g/mol. The Kier molecular flexibility index (Phi) is 4.87. The maximum atomic E-state index is 5.79. The summed E-state index contributed by atoms with van der Waals surface area (Å²) >= 11 is 3.58. The Morgan fingerprint density at radius 1 is 1.37 bits per heavy atom. The maximum absolute atomic E-state index is 5.79. The molecule has 0 aromatic heterocycles. The van der Waals surface area contributed by atoms with Crippen molar-refractivity contribution in [1.82, 2.24) is 4.90 Å². The topological polar surface area (TPSA) is 32.5 Å². The zero-order valence-corrected chi connectivity index (χ0v) is 13.7. The number of nitrogens with two attached hydrogens (primary N) is 1. The lowest BCUT2D eigenvalue weighted by Crippen LogP contribution is -2.57. The minimum atomic E-state index is 0.513. The fourth-order valence-corrected chi connectivity index (χ4v) is 3.35. The zero-order valence-electron chi connectivity index (χ0n) is 12.1. The minimum absolute atomic E-state index is 0.513. The maximum Gasteiger partial charge on any atom is 0.0432 e. The number of hydrogen-bond acceptors (Lipinski definition) is 3. The van der Waals surface area contributed by atoms with Crippen LogP contribution in [0.25, 0.3) is 0 Å². The van der Waals surface area contributed by atoms with Crippen LogP contribution < -0.4 is 10.6 Å². The first-order valence-corrected chi connectivity index (χ1v) is 7.75. The Morgan fingerprint density at radius 2 is 2.11 bits per heavy atom. The predicted molar refractivity (Wildman–Crippen MR) is 85.8 cm³/mol. The van der Waals surface area contributed by atoms with Gasteiger partial charge in [0.2, 0.25) is 0 Å². The Balaban J connectivity index is 2.29. The lowest BCUT2D eigenvalue weighted by atomic mass is 10.0. The average molecular weight is 326 g/mol. The van der Waals surface area contributed by atoms with E-state index < -0.39 is 0 Å². The number of rotatable bonds is 3. The van der Waals surface area contributed by atoms with Crippen molar-refractivity contribution in [1.29, 1.82) is 0 Å². The van der Waals surface area contributed by atoms with Gasteiger partial charge >= 0.3 is 0 Å². The normalized spacial score (nSPS) is 24.8. The molecule has 1 aliphatic rings. The largest absolute Gasteiger partial charge is 0.363 e. The molecule has 1 aliphatic heterocycles. The second kappa shape index (κ2) is 6.25. The molecule has 1 heterocycles. The van der Waals surface area contributed by atoms with Crippen LogP contribution in [0.5, 0.6) is 0 Å². The van der Waals surface area contributed by atoms with Gasteiger partial charge < -0.3 is 15.5 Å². The van der Waals surface area contributed by atoms with Gasteiger partial charge in [0.15, 0.2) is 0 Å². The molecule has 4 heteroatoms. The molecule has 0 amide bonds. The van der Waals surface area contributed by atoms with Gasteiger partial charge in [-0.3, -0.25) is 0 Å². The van der Waals surface area contributed by atoms with E-state index in [-0.39, 0.29) is 0 Å². The van der Waals surface area contributed by atoms with Crippen LogP contribution in [-0.4, -0.2) is 43.7 Å². The molecule has 19 heavy (non-hydrogen) atoms. The number of nitrogens with zero attached hydrogens (tertiary/aromatic N) is 2. The van der Waals surface area contributed by atoms with Crippen LogP contribution in [0.2, 0.25) is 0 Å². The molecular formula is C15H24BrN3. The molecule has 2 N–H and O–H groups in total. The Bertz CT molecular complexity index is 435. The third-order valence-electron chi connectivity index (χ3n) is 3.91. The lowest BCUT2D eigenvalue weighted by Gasteiger charge is -2.46.